The van der Waals surface area contributed by atoms with Crippen molar-refractivity contribution in [1.29, 1.82) is 0 Å². The summed E-state index contributed by atoms with van der Waals surface area (Å²) in [5.74, 6) is -2.80. The van der Waals surface area contributed by atoms with E-state index in [1.807, 2.05) is 6.08 Å². The number of unbranched alkanes of at least 4 members (excludes halogenated alkanes) is 10. The van der Waals surface area contributed by atoms with Gasteiger partial charge in [0, 0.05) is 47.5 Å². The van der Waals surface area contributed by atoms with Crippen molar-refractivity contribution < 1.29 is 19.0 Å². The molecule has 7 rings (SSSR count). The van der Waals surface area contributed by atoms with Crippen molar-refractivity contribution in [2.24, 2.45) is 5.92 Å². The average Bonchev–Trinajstić information content (AvgIpc) is 3.62. The van der Waals surface area contributed by atoms with Gasteiger partial charge >= 0.3 is 0 Å². The van der Waals surface area contributed by atoms with E-state index in [1.54, 1.807) is 6.08 Å². The molecule has 0 bridgehead atoms. The van der Waals surface area contributed by atoms with E-state index in [2.05, 4.69) is 124 Å². The Morgan fingerprint density at radius 3 is 1.79 bits per heavy atom. The number of nitrogens with zero attached hydrogens (tertiary/aromatic N) is 2. The second kappa shape index (κ2) is 16.5. The molecule has 0 aromatic heterocycles. The van der Waals surface area contributed by atoms with Crippen LogP contribution in [0.1, 0.15) is 130 Å². The molecule has 0 saturated heterocycles. The lowest BCUT2D eigenvalue weighted by atomic mass is 9.80. The van der Waals surface area contributed by atoms with Gasteiger partial charge in [0.25, 0.3) is 0 Å². The minimum atomic E-state index is -1.14. The van der Waals surface area contributed by atoms with Gasteiger partial charge in [-0.2, -0.15) is 4.58 Å². The fourth-order valence-corrected chi connectivity index (χ4v) is 9.51. The number of carbonyl (C=O) groups excluding carboxylic acids is 3. The topological polar surface area (TPSA) is 57.5 Å². The summed E-state index contributed by atoms with van der Waals surface area (Å²) in [5.41, 5.74) is 5.57. The highest BCUT2D eigenvalue weighted by Crippen LogP contribution is 2.50. The molecule has 2 heterocycles. The van der Waals surface area contributed by atoms with Crippen LogP contribution in [0, 0.1) is 5.92 Å². The van der Waals surface area contributed by atoms with E-state index in [-0.39, 0.29) is 11.4 Å². The number of fused-ring (bicyclic) bond motifs is 4. The Kier molecular flexibility index (Phi) is 11.6. The van der Waals surface area contributed by atoms with E-state index >= 15 is 0 Å². The normalized spacial score (nSPS) is 20.1. The molecular weight excluding hydrogens is 689 g/mol. The zero-order chi connectivity index (χ0) is 39.6. The van der Waals surface area contributed by atoms with Gasteiger partial charge in [0.05, 0.1) is 11.0 Å². The SMILES string of the molecule is CCCCCCCCN1/C(=C/C2C(=O)C(=O)/C(=C\C3=[N+](CCCCCCCC)c4cc5ccccc5cc4C3(C)C)C2=O)C(C)(C)c2cc3ccccc3cc21. The van der Waals surface area contributed by atoms with Gasteiger partial charge in [0.15, 0.2) is 11.5 Å². The van der Waals surface area contributed by atoms with Gasteiger partial charge in [-0.3, -0.25) is 14.4 Å². The quantitative estimate of drug-likeness (QED) is 0.0286. The number of anilines is 1. The molecule has 2 aliphatic heterocycles. The molecular formula is C51H61N2O3+. The number of Topliss-reactive ketones (excluding diaryl/α,β-unsaturated/α-hetero) is 3. The standard InChI is InChI=1S/C51H61N2O3/c1-7-9-11-13-15-21-27-52-43-31-37-25-19-17-23-35(37)29-41(43)50(3,4)45(52)33-39-47(54)40(49(56)48(39)55)34-46-51(5,6)42-30-36-24-18-20-26-38(36)32-44(42)53(46)28-22-16-14-12-10-8-2/h17-20,23-26,29-34,39H,7-16,21-22,27-28H2,1-6H3/q+1/b40-34-,45-33+. The van der Waals surface area contributed by atoms with Crippen molar-refractivity contribution >= 4 is 56.0 Å². The lowest BCUT2D eigenvalue weighted by molar-refractivity contribution is -0.438. The molecule has 1 unspecified atom stereocenters. The molecule has 0 radical (unpaired) electrons. The van der Waals surface area contributed by atoms with Crippen LogP contribution in [0.25, 0.3) is 21.5 Å². The number of rotatable bonds is 16. The maximum atomic E-state index is 14.6. The van der Waals surface area contributed by atoms with Crippen molar-refractivity contribution in [3.63, 3.8) is 0 Å². The van der Waals surface area contributed by atoms with Crippen LogP contribution in [0.5, 0.6) is 0 Å². The Morgan fingerprint density at radius 2 is 1.16 bits per heavy atom. The van der Waals surface area contributed by atoms with Crippen LogP contribution in [-0.2, 0) is 25.2 Å². The molecule has 56 heavy (non-hydrogen) atoms. The number of hydrogen-bond donors (Lipinski definition) is 0. The summed E-state index contributed by atoms with van der Waals surface area (Å²) < 4.78 is 2.33. The summed E-state index contributed by atoms with van der Waals surface area (Å²) in [6, 6.07) is 25.9. The lowest BCUT2D eigenvalue weighted by Crippen LogP contribution is -2.29. The minimum Gasteiger partial charge on any atom is -0.344 e. The molecule has 0 spiro atoms. The summed E-state index contributed by atoms with van der Waals surface area (Å²) in [6.45, 7) is 14.8. The van der Waals surface area contributed by atoms with E-state index < -0.39 is 28.3 Å². The predicted octanol–water partition coefficient (Wildman–Crippen LogP) is 12.0. The third-order valence-corrected chi connectivity index (χ3v) is 12.9. The summed E-state index contributed by atoms with van der Waals surface area (Å²) >= 11 is 0. The molecule has 1 fully saturated rings. The summed E-state index contributed by atoms with van der Waals surface area (Å²) in [6.07, 6.45) is 17.7. The molecule has 0 N–H and O–H groups in total. The zero-order valence-electron chi connectivity index (χ0n) is 34.7. The fourth-order valence-electron chi connectivity index (χ4n) is 9.51. The van der Waals surface area contributed by atoms with Crippen LogP contribution < -0.4 is 4.90 Å². The fraction of sp³-hybridized carbons (Fsp3) is 0.451. The van der Waals surface area contributed by atoms with Gasteiger partial charge in [-0.05, 0) is 78.1 Å². The van der Waals surface area contributed by atoms with Crippen LogP contribution in [0.3, 0.4) is 0 Å². The van der Waals surface area contributed by atoms with Crippen molar-refractivity contribution in [1.82, 2.24) is 0 Å². The van der Waals surface area contributed by atoms with Gasteiger partial charge in [-0.15, -0.1) is 0 Å². The van der Waals surface area contributed by atoms with Gasteiger partial charge < -0.3 is 4.90 Å². The van der Waals surface area contributed by atoms with Gasteiger partial charge in [0.1, 0.15) is 12.5 Å². The van der Waals surface area contributed by atoms with Crippen molar-refractivity contribution in [3.05, 3.63) is 107 Å². The Balaban J connectivity index is 1.26. The van der Waals surface area contributed by atoms with Gasteiger partial charge in [-0.1, -0.05) is 134 Å². The van der Waals surface area contributed by atoms with Crippen molar-refractivity contribution in [3.8, 4) is 0 Å². The first-order valence-electron chi connectivity index (χ1n) is 21.5. The number of ketones is 3. The summed E-state index contributed by atoms with van der Waals surface area (Å²) in [5, 5.41) is 4.67. The Labute approximate surface area is 334 Å². The van der Waals surface area contributed by atoms with E-state index in [1.165, 1.54) is 78.7 Å². The predicted molar refractivity (Wildman–Crippen MR) is 233 cm³/mol. The van der Waals surface area contributed by atoms with E-state index in [4.69, 9.17) is 0 Å². The van der Waals surface area contributed by atoms with Gasteiger partial charge in [0.2, 0.25) is 17.3 Å². The molecule has 5 nitrogen and oxygen atoms in total. The molecule has 1 saturated carbocycles. The van der Waals surface area contributed by atoms with Crippen molar-refractivity contribution in [2.45, 2.75) is 129 Å². The molecule has 4 aromatic carbocycles. The minimum absolute atomic E-state index is 0.0201. The first-order chi connectivity index (χ1) is 27.0. The largest absolute Gasteiger partial charge is 0.344 e. The molecule has 4 aromatic rings. The molecule has 1 atom stereocenters. The molecule has 5 heteroatoms. The third kappa shape index (κ3) is 7.35. The third-order valence-electron chi connectivity index (χ3n) is 12.9. The average molecular weight is 750 g/mol. The molecule has 3 aliphatic rings. The number of carbonyl (C=O) groups is 3. The van der Waals surface area contributed by atoms with Crippen LogP contribution >= 0.6 is 0 Å². The van der Waals surface area contributed by atoms with Crippen molar-refractivity contribution in [2.75, 3.05) is 18.0 Å². The van der Waals surface area contributed by atoms with Gasteiger partial charge in [-0.25, -0.2) is 0 Å². The Bertz CT molecular complexity index is 2270. The van der Waals surface area contributed by atoms with Crippen LogP contribution in [0.4, 0.5) is 11.4 Å². The molecule has 1 aliphatic carbocycles. The second-order valence-electron chi connectivity index (χ2n) is 17.6. The molecule has 292 valence electrons. The van der Waals surface area contributed by atoms with Crippen LogP contribution in [-0.4, -0.2) is 40.7 Å². The second-order valence-corrected chi connectivity index (χ2v) is 17.6. The highest BCUT2D eigenvalue weighted by atomic mass is 16.2. The Hall–Kier alpha value is -4.64. The lowest BCUT2D eigenvalue weighted by Gasteiger charge is -2.28. The summed E-state index contributed by atoms with van der Waals surface area (Å²) in [7, 11) is 0. The number of allylic oxidation sites excluding steroid dienone is 4. The van der Waals surface area contributed by atoms with E-state index in [9.17, 15) is 14.4 Å². The highest BCUT2D eigenvalue weighted by molar-refractivity contribution is 6.60. The monoisotopic (exact) mass is 749 g/mol. The zero-order valence-corrected chi connectivity index (χ0v) is 34.7. The van der Waals surface area contributed by atoms with E-state index in [0.717, 1.165) is 66.9 Å². The number of hydrogen-bond acceptors (Lipinski definition) is 4. The molecule has 0 amide bonds. The van der Waals surface area contributed by atoms with Crippen LogP contribution in [0.15, 0.2) is 96.2 Å². The highest BCUT2D eigenvalue weighted by Gasteiger charge is 2.50. The Morgan fingerprint density at radius 1 is 0.625 bits per heavy atom. The first kappa shape index (κ1) is 39.6. The van der Waals surface area contributed by atoms with E-state index in [0.29, 0.717) is 0 Å². The smallest absolute Gasteiger partial charge is 0.233 e. The number of benzene rings is 4. The van der Waals surface area contributed by atoms with Crippen LogP contribution in [0.2, 0.25) is 0 Å². The first-order valence-corrected chi connectivity index (χ1v) is 21.5. The maximum absolute atomic E-state index is 14.6. The maximum Gasteiger partial charge on any atom is 0.233 e. The summed E-state index contributed by atoms with van der Waals surface area (Å²) in [4.78, 5) is 45.0.